The molecular formula is C16H24Cl2N2O2. The molecule has 1 fully saturated rings. The molecule has 0 saturated carbocycles. The van der Waals surface area contributed by atoms with Crippen LogP contribution in [0, 0.1) is 11.8 Å². The number of amides is 1. The van der Waals surface area contributed by atoms with Gasteiger partial charge >= 0.3 is 0 Å². The Balaban J connectivity index is 0.00000242. The molecule has 1 atom stereocenters. The highest BCUT2D eigenvalue weighted by Gasteiger charge is 2.29. The molecule has 1 amide bonds. The van der Waals surface area contributed by atoms with Crippen LogP contribution in [0.25, 0.3) is 0 Å². The molecule has 0 aromatic heterocycles. The Hall–Kier alpha value is -1.13. The Morgan fingerprint density at radius 2 is 2.18 bits per heavy atom. The van der Waals surface area contributed by atoms with E-state index in [1.807, 2.05) is 4.90 Å². The minimum atomic E-state index is -0.0278. The van der Waals surface area contributed by atoms with Crippen LogP contribution in [0.2, 0.25) is 5.02 Å². The monoisotopic (exact) mass is 346 g/mol. The maximum absolute atomic E-state index is 12.7. The average Bonchev–Trinajstić information content (AvgIpc) is 2.88. The second kappa shape index (κ2) is 7.93. The number of carbonyl (C=O) groups is 1. The van der Waals surface area contributed by atoms with E-state index in [4.69, 9.17) is 22.1 Å². The largest absolute Gasteiger partial charge is 0.496 e. The van der Waals surface area contributed by atoms with Crippen LogP contribution in [0.15, 0.2) is 12.1 Å². The lowest BCUT2D eigenvalue weighted by Gasteiger charge is -2.19. The molecular weight excluding hydrogens is 323 g/mol. The molecule has 1 saturated heterocycles. The number of hydrogen-bond donors (Lipinski definition) is 1. The van der Waals surface area contributed by atoms with Gasteiger partial charge in [0.2, 0.25) is 0 Å². The van der Waals surface area contributed by atoms with Crippen LogP contribution in [0.3, 0.4) is 0 Å². The number of likely N-dealkylation sites (tertiary alicyclic amines) is 1. The number of nitrogen functional groups attached to an aromatic ring is 1. The third kappa shape index (κ3) is 4.20. The first kappa shape index (κ1) is 18.9. The average molecular weight is 347 g/mol. The molecule has 1 aliphatic heterocycles. The van der Waals surface area contributed by atoms with Crippen molar-refractivity contribution >= 4 is 35.6 Å². The third-order valence-corrected chi connectivity index (χ3v) is 4.25. The fraction of sp³-hybridized carbons (Fsp3) is 0.562. The molecule has 1 unspecified atom stereocenters. The van der Waals surface area contributed by atoms with Gasteiger partial charge in [0, 0.05) is 19.2 Å². The number of anilines is 1. The van der Waals surface area contributed by atoms with Gasteiger partial charge in [0.15, 0.2) is 0 Å². The van der Waals surface area contributed by atoms with Crippen molar-refractivity contribution in [2.24, 2.45) is 11.8 Å². The van der Waals surface area contributed by atoms with E-state index in [2.05, 4.69) is 13.8 Å². The molecule has 22 heavy (non-hydrogen) atoms. The van der Waals surface area contributed by atoms with Crippen LogP contribution in [0.5, 0.6) is 5.75 Å². The number of nitrogens with zero attached hydrogens (tertiary/aromatic N) is 1. The summed E-state index contributed by atoms with van der Waals surface area (Å²) in [6, 6.07) is 3.21. The molecule has 0 spiro atoms. The van der Waals surface area contributed by atoms with Gasteiger partial charge in [-0.3, -0.25) is 4.79 Å². The number of rotatable bonds is 4. The maximum Gasteiger partial charge on any atom is 0.257 e. The maximum atomic E-state index is 12.7. The first-order valence-corrected chi connectivity index (χ1v) is 7.72. The lowest BCUT2D eigenvalue weighted by molar-refractivity contribution is 0.0782. The fourth-order valence-electron chi connectivity index (χ4n) is 2.95. The van der Waals surface area contributed by atoms with E-state index in [1.165, 1.54) is 7.11 Å². The van der Waals surface area contributed by atoms with Crippen molar-refractivity contribution in [3.05, 3.63) is 22.7 Å². The van der Waals surface area contributed by atoms with Crippen molar-refractivity contribution in [2.75, 3.05) is 25.9 Å². The van der Waals surface area contributed by atoms with Crippen LogP contribution in [0.4, 0.5) is 5.69 Å². The van der Waals surface area contributed by atoms with Crippen molar-refractivity contribution in [1.82, 2.24) is 4.90 Å². The fourth-order valence-corrected chi connectivity index (χ4v) is 3.12. The van der Waals surface area contributed by atoms with Gasteiger partial charge in [-0.05, 0) is 30.7 Å². The highest BCUT2D eigenvalue weighted by Crippen LogP contribution is 2.31. The summed E-state index contributed by atoms with van der Waals surface area (Å²) in [7, 11) is 1.53. The number of halogens is 2. The first-order valence-electron chi connectivity index (χ1n) is 7.34. The van der Waals surface area contributed by atoms with Gasteiger partial charge in [0.1, 0.15) is 5.75 Å². The van der Waals surface area contributed by atoms with Gasteiger partial charge in [-0.15, -0.1) is 12.4 Å². The molecule has 1 aromatic carbocycles. The summed E-state index contributed by atoms with van der Waals surface area (Å²) in [5, 5.41) is 0.386. The molecule has 4 nitrogen and oxygen atoms in total. The Bertz CT molecular complexity index is 535. The number of ether oxygens (including phenoxy) is 1. The zero-order chi connectivity index (χ0) is 15.6. The first-order chi connectivity index (χ1) is 9.92. The van der Waals surface area contributed by atoms with E-state index in [-0.39, 0.29) is 18.3 Å². The molecule has 1 heterocycles. The third-order valence-electron chi connectivity index (χ3n) is 3.93. The zero-order valence-electron chi connectivity index (χ0n) is 13.3. The molecule has 6 heteroatoms. The minimum absolute atomic E-state index is 0. The topological polar surface area (TPSA) is 55.6 Å². The number of methoxy groups -OCH3 is 1. The van der Waals surface area contributed by atoms with E-state index < -0.39 is 0 Å². The molecule has 2 rings (SSSR count). The van der Waals surface area contributed by atoms with Crippen LogP contribution in [-0.4, -0.2) is 31.0 Å². The van der Waals surface area contributed by atoms with Gasteiger partial charge in [-0.1, -0.05) is 25.4 Å². The predicted octanol–water partition coefficient (Wildman–Crippen LogP) is 3.86. The van der Waals surface area contributed by atoms with Gasteiger partial charge in [-0.2, -0.15) is 0 Å². The van der Waals surface area contributed by atoms with Crippen LogP contribution < -0.4 is 10.5 Å². The van der Waals surface area contributed by atoms with Crippen molar-refractivity contribution in [1.29, 1.82) is 0 Å². The Labute approximate surface area is 143 Å². The highest BCUT2D eigenvalue weighted by atomic mass is 35.5. The van der Waals surface area contributed by atoms with E-state index in [0.717, 1.165) is 25.9 Å². The number of carbonyl (C=O) groups excluding carboxylic acids is 1. The lowest BCUT2D eigenvalue weighted by atomic mass is 9.97. The zero-order valence-corrected chi connectivity index (χ0v) is 14.8. The Morgan fingerprint density at radius 1 is 1.50 bits per heavy atom. The molecule has 0 radical (unpaired) electrons. The quantitative estimate of drug-likeness (QED) is 0.842. The van der Waals surface area contributed by atoms with Crippen molar-refractivity contribution in [3.8, 4) is 5.75 Å². The SMILES string of the molecule is COc1cc(N)c(Cl)cc1C(=O)N1CCC(CC(C)C)C1.Cl. The molecule has 0 bridgehead atoms. The van der Waals surface area contributed by atoms with Crippen molar-refractivity contribution < 1.29 is 9.53 Å². The number of nitrogens with two attached hydrogens (primary N) is 1. The van der Waals surface area contributed by atoms with Crippen LogP contribution in [-0.2, 0) is 0 Å². The van der Waals surface area contributed by atoms with Gasteiger partial charge in [0.25, 0.3) is 5.91 Å². The van der Waals surface area contributed by atoms with E-state index in [0.29, 0.717) is 33.9 Å². The van der Waals surface area contributed by atoms with Gasteiger partial charge in [-0.25, -0.2) is 0 Å². The van der Waals surface area contributed by atoms with Gasteiger partial charge in [0.05, 0.1) is 23.4 Å². The second-order valence-electron chi connectivity index (χ2n) is 6.11. The standard InChI is InChI=1S/C16H23ClN2O2.ClH/c1-10(2)6-11-4-5-19(9-11)16(20)12-7-13(17)14(18)8-15(12)21-3;/h7-8,10-11H,4-6,9,18H2,1-3H3;1H. The Kier molecular flexibility index (Phi) is 6.82. The van der Waals surface area contributed by atoms with Crippen molar-refractivity contribution in [3.63, 3.8) is 0 Å². The predicted molar refractivity (Wildman–Crippen MR) is 93.1 cm³/mol. The minimum Gasteiger partial charge on any atom is -0.496 e. The summed E-state index contributed by atoms with van der Waals surface area (Å²) in [6.07, 6.45) is 2.22. The molecule has 1 aromatic rings. The summed E-state index contributed by atoms with van der Waals surface area (Å²) in [4.78, 5) is 14.6. The number of benzene rings is 1. The summed E-state index contributed by atoms with van der Waals surface area (Å²) in [5.41, 5.74) is 6.67. The Morgan fingerprint density at radius 3 is 2.77 bits per heavy atom. The smallest absolute Gasteiger partial charge is 0.257 e. The second-order valence-corrected chi connectivity index (χ2v) is 6.52. The van der Waals surface area contributed by atoms with Crippen LogP contribution in [0.1, 0.15) is 37.0 Å². The molecule has 0 aliphatic carbocycles. The normalized spacial score (nSPS) is 17.5. The lowest BCUT2D eigenvalue weighted by Crippen LogP contribution is -2.29. The summed E-state index contributed by atoms with van der Waals surface area (Å²) < 4.78 is 5.27. The summed E-state index contributed by atoms with van der Waals surface area (Å²) in [5.74, 6) is 1.70. The van der Waals surface area contributed by atoms with E-state index in [1.54, 1.807) is 12.1 Å². The highest BCUT2D eigenvalue weighted by molar-refractivity contribution is 6.33. The number of hydrogen-bond acceptors (Lipinski definition) is 3. The van der Waals surface area contributed by atoms with Crippen LogP contribution >= 0.6 is 24.0 Å². The van der Waals surface area contributed by atoms with Crippen molar-refractivity contribution in [2.45, 2.75) is 26.7 Å². The van der Waals surface area contributed by atoms with Gasteiger partial charge < -0.3 is 15.4 Å². The molecule has 124 valence electrons. The molecule has 2 N–H and O–H groups in total. The summed E-state index contributed by atoms with van der Waals surface area (Å²) in [6.45, 7) is 6.03. The van der Waals surface area contributed by atoms with E-state index >= 15 is 0 Å². The molecule has 1 aliphatic rings. The summed E-state index contributed by atoms with van der Waals surface area (Å²) >= 11 is 6.04. The van der Waals surface area contributed by atoms with E-state index in [9.17, 15) is 4.79 Å².